The molecule has 0 aliphatic carbocycles. The van der Waals surface area contributed by atoms with Gasteiger partial charge in [0.25, 0.3) is 0 Å². The highest BCUT2D eigenvalue weighted by Gasteiger charge is 2.28. The summed E-state index contributed by atoms with van der Waals surface area (Å²) < 4.78 is 0. The molecule has 21 heavy (non-hydrogen) atoms. The van der Waals surface area contributed by atoms with E-state index >= 15 is 0 Å². The van der Waals surface area contributed by atoms with Crippen molar-refractivity contribution in [1.82, 2.24) is 0 Å². The quantitative estimate of drug-likeness (QED) is 0.539. The molecule has 2 heteroatoms. The minimum Gasteiger partial charge on any atom is -0.197 e. The SMILES string of the molecule is CCCCCC(C#N)(C#N)CCCCCc1ccccc1. The summed E-state index contributed by atoms with van der Waals surface area (Å²) in [5, 5.41) is 18.7. The third-order valence-corrected chi connectivity index (χ3v) is 4.05. The summed E-state index contributed by atoms with van der Waals surface area (Å²) in [6, 6.07) is 15.0. The molecule has 0 saturated heterocycles. The van der Waals surface area contributed by atoms with Gasteiger partial charge in [-0.2, -0.15) is 10.5 Å². The Hall–Kier alpha value is -1.80. The highest BCUT2D eigenvalue weighted by atomic mass is 14.4. The Morgan fingerprint density at radius 2 is 1.48 bits per heavy atom. The summed E-state index contributed by atoms with van der Waals surface area (Å²) in [7, 11) is 0. The average molecular weight is 282 g/mol. The fourth-order valence-corrected chi connectivity index (χ4v) is 2.63. The van der Waals surface area contributed by atoms with E-state index in [4.69, 9.17) is 0 Å². The molecule has 112 valence electrons. The normalized spacial score (nSPS) is 10.8. The molecule has 0 aliphatic heterocycles. The Labute approximate surface area is 129 Å². The first kappa shape index (κ1) is 17.3. The molecule has 0 aliphatic rings. The molecule has 0 unspecified atom stereocenters. The van der Waals surface area contributed by atoms with Gasteiger partial charge in [-0.25, -0.2) is 0 Å². The van der Waals surface area contributed by atoms with Gasteiger partial charge in [-0.05, 0) is 31.2 Å². The Balaban J connectivity index is 2.28. The molecule has 0 heterocycles. The van der Waals surface area contributed by atoms with Crippen LogP contribution >= 0.6 is 0 Å². The van der Waals surface area contributed by atoms with Crippen LogP contribution in [0.15, 0.2) is 30.3 Å². The summed E-state index contributed by atoms with van der Waals surface area (Å²) in [4.78, 5) is 0. The van der Waals surface area contributed by atoms with Gasteiger partial charge >= 0.3 is 0 Å². The molecule has 1 rings (SSSR count). The average Bonchev–Trinajstić information content (AvgIpc) is 2.54. The van der Waals surface area contributed by atoms with Gasteiger partial charge in [-0.3, -0.25) is 0 Å². The van der Waals surface area contributed by atoms with Crippen molar-refractivity contribution in [2.24, 2.45) is 5.41 Å². The Kier molecular flexibility index (Phi) is 8.22. The summed E-state index contributed by atoms with van der Waals surface area (Å²) >= 11 is 0. The standard InChI is InChI=1S/C19H26N2/c1-2-3-9-14-19(16-20,17-21)15-10-5-8-13-18-11-6-4-7-12-18/h4,6-7,11-12H,2-3,5,8-10,13-15H2,1H3. The van der Waals surface area contributed by atoms with E-state index in [0.717, 1.165) is 57.8 Å². The highest BCUT2D eigenvalue weighted by Crippen LogP contribution is 2.30. The zero-order chi connectivity index (χ0) is 15.4. The van der Waals surface area contributed by atoms with E-state index in [2.05, 4.69) is 43.3 Å². The lowest BCUT2D eigenvalue weighted by atomic mass is 9.80. The summed E-state index contributed by atoms with van der Waals surface area (Å²) in [5.41, 5.74) is 0.620. The fraction of sp³-hybridized carbons (Fsp3) is 0.579. The second kappa shape index (κ2) is 10.0. The van der Waals surface area contributed by atoms with Crippen LogP contribution in [-0.4, -0.2) is 0 Å². The minimum absolute atomic E-state index is 0.721. The molecular formula is C19H26N2. The van der Waals surface area contributed by atoms with Gasteiger partial charge in [0.15, 0.2) is 0 Å². The fourth-order valence-electron chi connectivity index (χ4n) is 2.63. The van der Waals surface area contributed by atoms with E-state index < -0.39 is 5.41 Å². The van der Waals surface area contributed by atoms with Crippen molar-refractivity contribution in [3.63, 3.8) is 0 Å². The van der Waals surface area contributed by atoms with Crippen LogP contribution in [0.3, 0.4) is 0 Å². The van der Waals surface area contributed by atoms with Crippen LogP contribution in [0, 0.1) is 28.1 Å². The van der Waals surface area contributed by atoms with E-state index in [1.165, 1.54) is 5.56 Å². The Morgan fingerprint density at radius 3 is 2.05 bits per heavy atom. The van der Waals surface area contributed by atoms with Crippen LogP contribution in [0.25, 0.3) is 0 Å². The van der Waals surface area contributed by atoms with Gasteiger partial charge in [0.2, 0.25) is 0 Å². The van der Waals surface area contributed by atoms with Crippen molar-refractivity contribution < 1.29 is 0 Å². The molecule has 0 N–H and O–H groups in total. The first-order chi connectivity index (χ1) is 10.3. The third-order valence-electron chi connectivity index (χ3n) is 4.05. The zero-order valence-electron chi connectivity index (χ0n) is 13.1. The molecule has 0 aromatic heterocycles. The van der Waals surface area contributed by atoms with Crippen LogP contribution in [0.1, 0.15) is 63.9 Å². The van der Waals surface area contributed by atoms with E-state index in [0.29, 0.717) is 0 Å². The first-order valence-electron chi connectivity index (χ1n) is 8.13. The van der Waals surface area contributed by atoms with Gasteiger partial charge in [0, 0.05) is 0 Å². The van der Waals surface area contributed by atoms with Crippen molar-refractivity contribution in [2.45, 2.75) is 64.7 Å². The third kappa shape index (κ3) is 6.46. The lowest BCUT2D eigenvalue weighted by molar-refractivity contribution is 0.397. The van der Waals surface area contributed by atoms with Crippen molar-refractivity contribution >= 4 is 0 Å². The number of benzene rings is 1. The molecular weight excluding hydrogens is 256 g/mol. The number of unbranched alkanes of at least 4 members (excludes halogenated alkanes) is 4. The summed E-state index contributed by atoms with van der Waals surface area (Å²) in [6.07, 6.45) is 8.96. The number of nitriles is 2. The highest BCUT2D eigenvalue weighted by molar-refractivity contribution is 5.15. The van der Waals surface area contributed by atoms with E-state index in [-0.39, 0.29) is 0 Å². The topological polar surface area (TPSA) is 47.6 Å². The monoisotopic (exact) mass is 282 g/mol. The molecule has 0 bridgehead atoms. The van der Waals surface area contributed by atoms with Gasteiger partial charge in [0.1, 0.15) is 5.41 Å². The number of rotatable bonds is 10. The van der Waals surface area contributed by atoms with Gasteiger partial charge in [-0.15, -0.1) is 0 Å². The van der Waals surface area contributed by atoms with Crippen molar-refractivity contribution in [2.75, 3.05) is 0 Å². The maximum atomic E-state index is 9.34. The maximum absolute atomic E-state index is 9.34. The second-order valence-corrected chi connectivity index (χ2v) is 5.81. The predicted octanol–water partition coefficient (Wildman–Crippen LogP) is 5.40. The maximum Gasteiger partial charge on any atom is 0.143 e. The van der Waals surface area contributed by atoms with Gasteiger partial charge in [0.05, 0.1) is 12.1 Å². The summed E-state index contributed by atoms with van der Waals surface area (Å²) in [6.45, 7) is 2.14. The molecule has 0 fully saturated rings. The molecule has 0 atom stereocenters. The largest absolute Gasteiger partial charge is 0.197 e. The van der Waals surface area contributed by atoms with Crippen LogP contribution in [0.4, 0.5) is 0 Å². The number of hydrogen-bond acceptors (Lipinski definition) is 2. The van der Waals surface area contributed by atoms with E-state index in [9.17, 15) is 10.5 Å². The molecule has 1 aromatic rings. The van der Waals surface area contributed by atoms with Crippen LogP contribution in [-0.2, 0) is 6.42 Å². The van der Waals surface area contributed by atoms with Crippen molar-refractivity contribution in [3.8, 4) is 12.1 Å². The van der Waals surface area contributed by atoms with Crippen LogP contribution < -0.4 is 0 Å². The zero-order valence-corrected chi connectivity index (χ0v) is 13.1. The second-order valence-electron chi connectivity index (χ2n) is 5.81. The molecule has 2 nitrogen and oxygen atoms in total. The van der Waals surface area contributed by atoms with Gasteiger partial charge in [-0.1, -0.05) is 69.4 Å². The number of aryl methyl sites for hydroxylation is 1. The van der Waals surface area contributed by atoms with Crippen LogP contribution in [0.5, 0.6) is 0 Å². The Morgan fingerprint density at radius 1 is 0.857 bits per heavy atom. The first-order valence-corrected chi connectivity index (χ1v) is 8.13. The lowest BCUT2D eigenvalue weighted by Crippen LogP contribution is -2.16. The number of hydrogen-bond donors (Lipinski definition) is 0. The van der Waals surface area contributed by atoms with Crippen molar-refractivity contribution in [3.05, 3.63) is 35.9 Å². The molecule has 0 amide bonds. The van der Waals surface area contributed by atoms with Crippen molar-refractivity contribution in [1.29, 1.82) is 10.5 Å². The smallest absolute Gasteiger partial charge is 0.143 e. The van der Waals surface area contributed by atoms with E-state index in [1.807, 2.05) is 6.07 Å². The lowest BCUT2D eigenvalue weighted by Gasteiger charge is -2.18. The molecule has 0 radical (unpaired) electrons. The number of nitrogens with zero attached hydrogens (tertiary/aromatic N) is 2. The van der Waals surface area contributed by atoms with Gasteiger partial charge < -0.3 is 0 Å². The predicted molar refractivity (Wildman–Crippen MR) is 86.4 cm³/mol. The molecule has 0 spiro atoms. The van der Waals surface area contributed by atoms with E-state index in [1.54, 1.807) is 0 Å². The minimum atomic E-state index is -0.748. The molecule has 0 saturated carbocycles. The Bertz CT molecular complexity index is 451. The molecule has 1 aromatic carbocycles. The van der Waals surface area contributed by atoms with Crippen LogP contribution in [0.2, 0.25) is 0 Å². The summed E-state index contributed by atoms with van der Waals surface area (Å²) in [5.74, 6) is 0.